The molecule has 0 saturated heterocycles. The van der Waals surface area contributed by atoms with Crippen molar-refractivity contribution in [3.05, 3.63) is 58.6 Å². The molecule has 0 heterocycles. The van der Waals surface area contributed by atoms with Gasteiger partial charge in [-0.1, -0.05) is 36.7 Å². The summed E-state index contributed by atoms with van der Waals surface area (Å²) < 4.78 is 0. The number of hydrogen-bond donors (Lipinski definition) is 2. The van der Waals surface area contributed by atoms with Crippen LogP contribution >= 0.6 is 11.6 Å². The molecule has 5 heteroatoms. The van der Waals surface area contributed by atoms with Crippen molar-refractivity contribution < 1.29 is 9.59 Å². The highest BCUT2D eigenvalue weighted by molar-refractivity contribution is 6.34. The lowest BCUT2D eigenvalue weighted by Gasteiger charge is -2.11. The van der Waals surface area contributed by atoms with Crippen LogP contribution in [0.3, 0.4) is 0 Å². The van der Waals surface area contributed by atoms with Gasteiger partial charge in [-0.15, -0.1) is 0 Å². The smallest absolute Gasteiger partial charge is 0.255 e. The second-order valence-electron chi connectivity index (χ2n) is 5.26. The van der Waals surface area contributed by atoms with Gasteiger partial charge in [0.25, 0.3) is 5.91 Å². The third kappa shape index (κ3) is 4.57. The summed E-state index contributed by atoms with van der Waals surface area (Å²) in [5, 5.41) is 5.99. The number of aryl methyl sites for hydroxylation is 1. The number of halogens is 1. The Kier molecular flexibility index (Phi) is 5.77. The number of hydrogen-bond acceptors (Lipinski definition) is 2. The molecule has 0 saturated carbocycles. The van der Waals surface area contributed by atoms with Crippen LogP contribution in [-0.2, 0) is 4.79 Å². The third-order valence-electron chi connectivity index (χ3n) is 3.37. The van der Waals surface area contributed by atoms with E-state index >= 15 is 0 Å². The molecule has 2 aromatic carbocycles. The van der Waals surface area contributed by atoms with Crippen molar-refractivity contribution in [2.24, 2.45) is 0 Å². The van der Waals surface area contributed by atoms with Gasteiger partial charge < -0.3 is 10.6 Å². The lowest BCUT2D eigenvalue weighted by atomic mass is 10.1. The Morgan fingerprint density at radius 2 is 1.83 bits per heavy atom. The van der Waals surface area contributed by atoms with Gasteiger partial charge in [0, 0.05) is 17.7 Å². The van der Waals surface area contributed by atoms with Gasteiger partial charge in [0.05, 0.1) is 10.7 Å². The molecule has 0 fully saturated rings. The molecule has 0 aromatic heterocycles. The van der Waals surface area contributed by atoms with E-state index in [2.05, 4.69) is 10.6 Å². The second kappa shape index (κ2) is 7.79. The summed E-state index contributed by atoms with van der Waals surface area (Å²) in [5.41, 5.74) is 2.54. The molecule has 0 atom stereocenters. The van der Waals surface area contributed by atoms with Gasteiger partial charge in [0.1, 0.15) is 0 Å². The Balaban J connectivity index is 2.17. The van der Waals surface area contributed by atoms with Gasteiger partial charge in [0.2, 0.25) is 5.91 Å². The number of benzene rings is 2. The lowest BCUT2D eigenvalue weighted by molar-refractivity contribution is -0.116. The quantitative estimate of drug-likeness (QED) is 0.839. The number of nitrogens with one attached hydrogen (secondary N) is 2. The molecule has 2 rings (SSSR count). The SMILES string of the molecule is CCCC(=O)Nc1ccc(Cl)c(NC(=O)c2ccccc2C)c1. The first-order valence-corrected chi connectivity index (χ1v) is 7.85. The molecule has 0 radical (unpaired) electrons. The standard InChI is InChI=1S/C18H19ClN2O2/c1-3-6-17(22)20-13-9-10-15(19)16(11-13)21-18(23)14-8-5-4-7-12(14)2/h4-5,7-11H,3,6H2,1-2H3,(H,20,22)(H,21,23). The molecule has 0 aliphatic rings. The molecule has 0 bridgehead atoms. The predicted molar refractivity (Wildman–Crippen MR) is 94.1 cm³/mol. The van der Waals surface area contributed by atoms with E-state index in [0.29, 0.717) is 28.4 Å². The topological polar surface area (TPSA) is 58.2 Å². The monoisotopic (exact) mass is 330 g/mol. The number of anilines is 2. The van der Waals surface area contributed by atoms with Crippen LogP contribution in [0.4, 0.5) is 11.4 Å². The minimum absolute atomic E-state index is 0.0639. The maximum atomic E-state index is 12.4. The normalized spacial score (nSPS) is 10.2. The van der Waals surface area contributed by atoms with Gasteiger partial charge in [-0.05, 0) is 43.2 Å². The van der Waals surface area contributed by atoms with E-state index in [9.17, 15) is 9.59 Å². The van der Waals surface area contributed by atoms with E-state index in [1.807, 2.05) is 32.0 Å². The molecule has 120 valence electrons. The van der Waals surface area contributed by atoms with Gasteiger partial charge >= 0.3 is 0 Å². The molecule has 0 aliphatic carbocycles. The van der Waals surface area contributed by atoms with Gasteiger partial charge in [-0.25, -0.2) is 0 Å². The van der Waals surface area contributed by atoms with E-state index in [1.165, 1.54) is 0 Å². The summed E-state index contributed by atoms with van der Waals surface area (Å²) in [6, 6.07) is 12.3. The average molecular weight is 331 g/mol. The first-order valence-electron chi connectivity index (χ1n) is 7.47. The molecular weight excluding hydrogens is 312 g/mol. The van der Waals surface area contributed by atoms with Crippen LogP contribution in [0.25, 0.3) is 0 Å². The molecule has 0 unspecified atom stereocenters. The van der Waals surface area contributed by atoms with Crippen LogP contribution in [0.2, 0.25) is 5.02 Å². The Bertz CT molecular complexity index is 729. The van der Waals surface area contributed by atoms with E-state index < -0.39 is 0 Å². The highest BCUT2D eigenvalue weighted by Gasteiger charge is 2.11. The second-order valence-corrected chi connectivity index (χ2v) is 5.67. The van der Waals surface area contributed by atoms with E-state index in [4.69, 9.17) is 11.6 Å². The summed E-state index contributed by atoms with van der Waals surface area (Å²) in [6.45, 7) is 3.81. The first-order chi connectivity index (χ1) is 11.0. The van der Waals surface area contributed by atoms with Crippen LogP contribution in [-0.4, -0.2) is 11.8 Å². The Morgan fingerprint density at radius 1 is 1.09 bits per heavy atom. The highest BCUT2D eigenvalue weighted by Crippen LogP contribution is 2.26. The molecule has 2 N–H and O–H groups in total. The molecule has 2 aromatic rings. The number of rotatable bonds is 5. The Morgan fingerprint density at radius 3 is 2.52 bits per heavy atom. The number of amides is 2. The molecule has 4 nitrogen and oxygen atoms in total. The maximum absolute atomic E-state index is 12.4. The van der Waals surface area contributed by atoms with Crippen molar-refractivity contribution in [2.75, 3.05) is 10.6 Å². The number of carbonyl (C=O) groups is 2. The van der Waals surface area contributed by atoms with Crippen molar-refractivity contribution in [2.45, 2.75) is 26.7 Å². The summed E-state index contributed by atoms with van der Waals surface area (Å²) in [7, 11) is 0. The fraction of sp³-hybridized carbons (Fsp3) is 0.222. The van der Waals surface area contributed by atoms with Crippen LogP contribution in [0.5, 0.6) is 0 Å². The van der Waals surface area contributed by atoms with Crippen molar-refractivity contribution in [1.29, 1.82) is 0 Å². The summed E-state index contributed by atoms with van der Waals surface area (Å²) in [4.78, 5) is 24.0. The molecule has 23 heavy (non-hydrogen) atoms. The van der Waals surface area contributed by atoms with Gasteiger partial charge in [-0.3, -0.25) is 9.59 Å². The molecule has 0 spiro atoms. The van der Waals surface area contributed by atoms with Crippen LogP contribution in [0, 0.1) is 6.92 Å². The molecule has 2 amide bonds. The minimum Gasteiger partial charge on any atom is -0.326 e. The highest BCUT2D eigenvalue weighted by atomic mass is 35.5. The van der Waals surface area contributed by atoms with Gasteiger partial charge in [-0.2, -0.15) is 0 Å². The summed E-state index contributed by atoms with van der Waals surface area (Å²) in [6.07, 6.45) is 1.23. The van der Waals surface area contributed by atoms with Crippen molar-refractivity contribution in [1.82, 2.24) is 0 Å². The predicted octanol–water partition coefficient (Wildman–Crippen LogP) is 4.64. The minimum atomic E-state index is -0.234. The zero-order chi connectivity index (χ0) is 16.8. The number of carbonyl (C=O) groups excluding carboxylic acids is 2. The fourth-order valence-corrected chi connectivity index (χ4v) is 2.33. The lowest BCUT2D eigenvalue weighted by Crippen LogP contribution is -2.14. The van der Waals surface area contributed by atoms with Crippen LogP contribution < -0.4 is 10.6 Å². The summed E-state index contributed by atoms with van der Waals surface area (Å²) >= 11 is 6.14. The summed E-state index contributed by atoms with van der Waals surface area (Å²) in [5.74, 6) is -0.298. The zero-order valence-electron chi connectivity index (χ0n) is 13.2. The maximum Gasteiger partial charge on any atom is 0.255 e. The van der Waals surface area contributed by atoms with E-state index in [-0.39, 0.29) is 11.8 Å². The Hall–Kier alpha value is -2.33. The van der Waals surface area contributed by atoms with E-state index in [1.54, 1.807) is 24.3 Å². The average Bonchev–Trinajstić information content (AvgIpc) is 2.51. The fourth-order valence-electron chi connectivity index (χ4n) is 2.17. The van der Waals surface area contributed by atoms with E-state index in [0.717, 1.165) is 12.0 Å². The first kappa shape index (κ1) is 17.0. The third-order valence-corrected chi connectivity index (χ3v) is 3.69. The van der Waals surface area contributed by atoms with Crippen molar-refractivity contribution >= 4 is 34.8 Å². The van der Waals surface area contributed by atoms with Crippen molar-refractivity contribution in [3.63, 3.8) is 0 Å². The largest absolute Gasteiger partial charge is 0.326 e. The van der Waals surface area contributed by atoms with Crippen molar-refractivity contribution in [3.8, 4) is 0 Å². The molecule has 0 aliphatic heterocycles. The molecular formula is C18H19ClN2O2. The van der Waals surface area contributed by atoms with Crippen LogP contribution in [0.1, 0.15) is 35.7 Å². The zero-order valence-corrected chi connectivity index (χ0v) is 13.9. The Labute approximate surface area is 140 Å². The van der Waals surface area contributed by atoms with Crippen LogP contribution in [0.15, 0.2) is 42.5 Å². The van der Waals surface area contributed by atoms with Gasteiger partial charge in [0.15, 0.2) is 0 Å².